The lowest BCUT2D eigenvalue weighted by atomic mass is 10.1. The fourth-order valence-electron chi connectivity index (χ4n) is 2.55. The van der Waals surface area contributed by atoms with Crippen LogP contribution in [0, 0.1) is 0 Å². The molecule has 0 saturated heterocycles. The highest BCUT2D eigenvalue weighted by atomic mass is 79.9. The van der Waals surface area contributed by atoms with Crippen LogP contribution in [0.4, 0.5) is 0 Å². The molecule has 3 rings (SSSR count). The maximum atomic E-state index is 12.6. The van der Waals surface area contributed by atoms with Crippen molar-refractivity contribution in [2.24, 2.45) is 0 Å². The van der Waals surface area contributed by atoms with E-state index in [0.29, 0.717) is 28.4 Å². The van der Waals surface area contributed by atoms with Crippen LogP contribution in [0.25, 0.3) is 6.08 Å². The maximum absolute atomic E-state index is 12.6. The fraction of sp³-hybridized carbons (Fsp3) is 0.143. The van der Waals surface area contributed by atoms with Gasteiger partial charge in [0.25, 0.3) is 0 Å². The lowest BCUT2D eigenvalue weighted by molar-refractivity contribution is -0.144. The van der Waals surface area contributed by atoms with Crippen molar-refractivity contribution in [3.05, 3.63) is 70.4 Å². The van der Waals surface area contributed by atoms with Gasteiger partial charge in [-0.1, -0.05) is 28.6 Å². The second-order valence-electron chi connectivity index (χ2n) is 5.74. The van der Waals surface area contributed by atoms with Gasteiger partial charge in [0.15, 0.2) is 12.4 Å². The lowest BCUT2D eigenvalue weighted by Crippen LogP contribution is -2.14. The SMILES string of the molecule is C=CCOC(=O)COc1ccc2c(c1)O/C(=C\c1cc(Br)ccc1OC)C2=O. The molecule has 1 heterocycles. The van der Waals surface area contributed by atoms with Crippen LogP contribution in [0.1, 0.15) is 15.9 Å². The van der Waals surface area contributed by atoms with Crippen LogP contribution in [-0.4, -0.2) is 32.1 Å². The highest BCUT2D eigenvalue weighted by Crippen LogP contribution is 2.36. The quantitative estimate of drug-likeness (QED) is 0.362. The zero-order valence-corrected chi connectivity index (χ0v) is 16.7. The first kappa shape index (κ1) is 19.7. The molecular formula is C21H17BrO6. The van der Waals surface area contributed by atoms with Crippen molar-refractivity contribution >= 4 is 33.8 Å². The van der Waals surface area contributed by atoms with Crippen LogP contribution in [-0.2, 0) is 9.53 Å². The number of methoxy groups -OCH3 is 1. The van der Waals surface area contributed by atoms with Gasteiger partial charge in [0.2, 0.25) is 5.78 Å². The van der Waals surface area contributed by atoms with Gasteiger partial charge in [0.05, 0.1) is 12.7 Å². The predicted molar refractivity (Wildman–Crippen MR) is 107 cm³/mol. The first-order valence-corrected chi connectivity index (χ1v) is 9.12. The molecule has 0 unspecified atom stereocenters. The summed E-state index contributed by atoms with van der Waals surface area (Å²) in [6, 6.07) is 10.2. The second kappa shape index (κ2) is 8.75. The van der Waals surface area contributed by atoms with E-state index < -0.39 is 5.97 Å². The molecule has 0 bridgehead atoms. The molecule has 1 aliphatic heterocycles. The molecule has 2 aromatic carbocycles. The van der Waals surface area contributed by atoms with Gasteiger partial charge in [-0.05, 0) is 36.4 Å². The van der Waals surface area contributed by atoms with E-state index in [-0.39, 0.29) is 24.8 Å². The normalized spacial score (nSPS) is 13.6. The van der Waals surface area contributed by atoms with Crippen molar-refractivity contribution in [3.8, 4) is 17.2 Å². The number of ether oxygens (including phenoxy) is 4. The summed E-state index contributed by atoms with van der Waals surface area (Å²) in [7, 11) is 1.56. The van der Waals surface area contributed by atoms with E-state index in [4.69, 9.17) is 18.9 Å². The summed E-state index contributed by atoms with van der Waals surface area (Å²) in [6.07, 6.45) is 3.10. The van der Waals surface area contributed by atoms with Crippen molar-refractivity contribution in [1.82, 2.24) is 0 Å². The van der Waals surface area contributed by atoms with Crippen LogP contribution in [0.2, 0.25) is 0 Å². The molecule has 0 N–H and O–H groups in total. The van der Waals surface area contributed by atoms with E-state index in [1.165, 1.54) is 6.08 Å². The molecule has 0 saturated carbocycles. The monoisotopic (exact) mass is 444 g/mol. The number of halogens is 1. The number of Topliss-reactive ketones (excluding diaryl/α,β-unsaturated/α-hetero) is 1. The summed E-state index contributed by atoms with van der Waals surface area (Å²) < 4.78 is 22.1. The largest absolute Gasteiger partial charge is 0.496 e. The number of hydrogen-bond acceptors (Lipinski definition) is 6. The molecule has 0 spiro atoms. The van der Waals surface area contributed by atoms with Gasteiger partial charge in [0, 0.05) is 16.1 Å². The van der Waals surface area contributed by atoms with Gasteiger partial charge in [-0.3, -0.25) is 4.79 Å². The van der Waals surface area contributed by atoms with Gasteiger partial charge < -0.3 is 18.9 Å². The highest BCUT2D eigenvalue weighted by molar-refractivity contribution is 9.10. The average Bonchev–Trinajstić information content (AvgIpc) is 3.00. The Labute approximate surface area is 170 Å². The number of rotatable bonds is 7. The summed E-state index contributed by atoms with van der Waals surface area (Å²) in [6.45, 7) is 3.34. The fourth-order valence-corrected chi connectivity index (χ4v) is 2.93. The Morgan fingerprint density at radius 3 is 2.82 bits per heavy atom. The predicted octanol–water partition coefficient (Wildman–Crippen LogP) is 4.18. The van der Waals surface area contributed by atoms with Crippen LogP contribution in [0.15, 0.2) is 59.3 Å². The van der Waals surface area contributed by atoms with Crippen molar-refractivity contribution < 1.29 is 28.5 Å². The maximum Gasteiger partial charge on any atom is 0.344 e. The molecule has 2 aromatic rings. The molecule has 0 aliphatic carbocycles. The minimum absolute atomic E-state index is 0.122. The summed E-state index contributed by atoms with van der Waals surface area (Å²) in [5.41, 5.74) is 1.12. The molecule has 0 radical (unpaired) electrons. The van der Waals surface area contributed by atoms with Gasteiger partial charge in [-0.15, -0.1) is 0 Å². The summed E-state index contributed by atoms with van der Waals surface area (Å²) in [5.74, 6) is 0.790. The first-order chi connectivity index (χ1) is 13.5. The Balaban J connectivity index is 1.77. The van der Waals surface area contributed by atoms with Gasteiger partial charge in [0.1, 0.15) is 23.9 Å². The molecular weight excluding hydrogens is 428 g/mol. The third kappa shape index (κ3) is 4.43. The highest BCUT2D eigenvalue weighted by Gasteiger charge is 2.28. The first-order valence-electron chi connectivity index (χ1n) is 8.33. The molecule has 144 valence electrons. The Kier molecular flexibility index (Phi) is 6.16. The van der Waals surface area contributed by atoms with E-state index in [0.717, 1.165) is 4.47 Å². The standard InChI is InChI=1S/C21H17BrO6/c1-3-8-26-20(23)12-27-15-5-6-16-18(11-15)28-19(21(16)24)10-13-9-14(22)4-7-17(13)25-2/h3-7,9-11H,1,8,12H2,2H3/b19-10-. The number of benzene rings is 2. The van der Waals surface area contributed by atoms with Crippen molar-refractivity contribution in [2.75, 3.05) is 20.3 Å². The molecule has 6 nitrogen and oxygen atoms in total. The topological polar surface area (TPSA) is 71.1 Å². The Morgan fingerprint density at radius 1 is 1.25 bits per heavy atom. The number of carbonyl (C=O) groups is 2. The molecule has 28 heavy (non-hydrogen) atoms. The van der Waals surface area contributed by atoms with Crippen LogP contribution in [0.5, 0.6) is 17.2 Å². The van der Waals surface area contributed by atoms with Crippen LogP contribution < -0.4 is 14.2 Å². The number of hydrogen-bond donors (Lipinski definition) is 0. The van der Waals surface area contributed by atoms with Gasteiger partial charge in [-0.25, -0.2) is 4.79 Å². The molecule has 0 amide bonds. The Hall–Kier alpha value is -3.06. The van der Waals surface area contributed by atoms with Crippen LogP contribution >= 0.6 is 15.9 Å². The minimum Gasteiger partial charge on any atom is -0.496 e. The Morgan fingerprint density at radius 2 is 2.07 bits per heavy atom. The lowest BCUT2D eigenvalue weighted by Gasteiger charge is -2.07. The second-order valence-corrected chi connectivity index (χ2v) is 6.66. The van der Waals surface area contributed by atoms with Gasteiger partial charge >= 0.3 is 5.97 Å². The smallest absolute Gasteiger partial charge is 0.344 e. The number of fused-ring (bicyclic) bond motifs is 1. The average molecular weight is 445 g/mol. The van der Waals surface area contributed by atoms with Gasteiger partial charge in [-0.2, -0.15) is 0 Å². The molecule has 0 aromatic heterocycles. The van der Waals surface area contributed by atoms with Crippen LogP contribution in [0.3, 0.4) is 0 Å². The molecule has 7 heteroatoms. The molecule has 0 fully saturated rings. The number of carbonyl (C=O) groups excluding carboxylic acids is 2. The van der Waals surface area contributed by atoms with E-state index in [9.17, 15) is 9.59 Å². The van der Waals surface area contributed by atoms with Crippen molar-refractivity contribution in [1.29, 1.82) is 0 Å². The van der Waals surface area contributed by atoms with E-state index in [2.05, 4.69) is 22.5 Å². The zero-order valence-electron chi connectivity index (χ0n) is 15.1. The van der Waals surface area contributed by atoms with E-state index in [1.807, 2.05) is 12.1 Å². The van der Waals surface area contributed by atoms with Crippen molar-refractivity contribution in [2.45, 2.75) is 0 Å². The summed E-state index contributed by atoms with van der Waals surface area (Å²) >= 11 is 3.40. The summed E-state index contributed by atoms with van der Waals surface area (Å²) in [5, 5.41) is 0. The van der Waals surface area contributed by atoms with E-state index >= 15 is 0 Å². The third-order valence-corrected chi connectivity index (χ3v) is 4.33. The Bertz CT molecular complexity index is 963. The minimum atomic E-state index is -0.514. The molecule has 1 aliphatic rings. The number of allylic oxidation sites excluding steroid dienone is 1. The summed E-state index contributed by atoms with van der Waals surface area (Å²) in [4.78, 5) is 24.1. The van der Waals surface area contributed by atoms with E-state index in [1.54, 1.807) is 37.5 Å². The molecule has 0 atom stereocenters. The zero-order chi connectivity index (χ0) is 20.1. The third-order valence-electron chi connectivity index (χ3n) is 3.84. The van der Waals surface area contributed by atoms with Crippen molar-refractivity contribution in [3.63, 3.8) is 0 Å². The number of ketones is 1. The number of esters is 1.